The maximum Gasteiger partial charge on any atom is 0.264 e. The SMILES string of the molecule is CC(C)(C)c1ccc(N(c2ccc(C(C)(C)C)cc2)c2ccc3c(c2)N(c2ccc4c(c2)sc2ccccc24)c2cc(S(c4ccccc4)(c4ccccc4)c4ccccc4)cc4c2B3c2sc3ccc(C(C)(C)C)cc3c2N4c2ccc(C(C)(C)C)cc2)cc1. The van der Waals surface area contributed by atoms with Crippen molar-refractivity contribution in [3.05, 3.63) is 277 Å². The fourth-order valence-electron chi connectivity index (χ4n) is 14.1. The van der Waals surface area contributed by atoms with Gasteiger partial charge in [0.25, 0.3) is 6.71 Å². The van der Waals surface area contributed by atoms with Crippen molar-refractivity contribution in [1.29, 1.82) is 0 Å². The Bertz CT molecular complexity index is 4750. The van der Waals surface area contributed by atoms with Crippen LogP contribution < -0.4 is 30.4 Å². The van der Waals surface area contributed by atoms with Crippen molar-refractivity contribution in [2.75, 3.05) is 14.7 Å². The molecule has 0 radical (unpaired) electrons. The molecule has 2 aromatic heterocycles. The molecule has 2 aliphatic rings. The van der Waals surface area contributed by atoms with Crippen LogP contribution in [0.5, 0.6) is 0 Å². The molecular weight excluding hydrogens is 1160 g/mol. The van der Waals surface area contributed by atoms with Crippen molar-refractivity contribution in [1.82, 2.24) is 0 Å². The van der Waals surface area contributed by atoms with E-state index in [4.69, 9.17) is 0 Å². The number of anilines is 9. The van der Waals surface area contributed by atoms with Crippen LogP contribution >= 0.6 is 32.7 Å². The smallest absolute Gasteiger partial charge is 0.264 e. The molecule has 11 aromatic carbocycles. The number of rotatable bonds is 9. The highest BCUT2D eigenvalue weighted by Crippen LogP contribution is 2.74. The lowest BCUT2D eigenvalue weighted by molar-refractivity contribution is 0.590. The molecule has 15 rings (SSSR count). The van der Waals surface area contributed by atoms with Crippen LogP contribution in [0.25, 0.3) is 30.3 Å². The summed E-state index contributed by atoms with van der Waals surface area (Å²) in [6.45, 7) is 27.7. The van der Waals surface area contributed by atoms with E-state index in [-0.39, 0.29) is 28.4 Å². The second-order valence-electron chi connectivity index (χ2n) is 29.1. The molecule has 0 bridgehead atoms. The maximum absolute atomic E-state index is 2.69. The van der Waals surface area contributed by atoms with Crippen LogP contribution in [-0.4, -0.2) is 6.71 Å². The highest BCUT2D eigenvalue weighted by molar-refractivity contribution is 8.34. The van der Waals surface area contributed by atoms with Gasteiger partial charge in [0.15, 0.2) is 0 Å². The first-order chi connectivity index (χ1) is 43.6. The van der Waals surface area contributed by atoms with Gasteiger partial charge in [-0.05, 0) is 182 Å². The fraction of sp³-hybridized carbons (Fsp3) is 0.190. The topological polar surface area (TPSA) is 9.72 Å². The number of hydrogen-bond acceptors (Lipinski definition) is 5. The predicted octanol–water partition coefficient (Wildman–Crippen LogP) is 23.4. The van der Waals surface area contributed by atoms with Gasteiger partial charge in [0.05, 0.1) is 5.69 Å². The molecule has 450 valence electrons. The van der Waals surface area contributed by atoms with Crippen molar-refractivity contribution >= 4 is 137 Å². The van der Waals surface area contributed by atoms with Crippen LogP contribution in [0.1, 0.15) is 105 Å². The molecule has 0 spiro atoms. The summed E-state index contributed by atoms with van der Waals surface area (Å²) in [5.41, 5.74) is 18.2. The van der Waals surface area contributed by atoms with Crippen LogP contribution in [0.2, 0.25) is 0 Å². The van der Waals surface area contributed by atoms with E-state index in [2.05, 4.69) is 353 Å². The van der Waals surface area contributed by atoms with Gasteiger partial charge in [-0.2, -0.15) is 0 Å². The number of nitrogens with zero attached hydrogens (tertiary/aromatic N) is 3. The Morgan fingerprint density at radius 1 is 0.330 bits per heavy atom. The highest BCUT2D eigenvalue weighted by atomic mass is 32.3. The summed E-state index contributed by atoms with van der Waals surface area (Å²) in [7, 11) is -2.25. The maximum atomic E-state index is 2.69. The Labute approximate surface area is 548 Å². The van der Waals surface area contributed by atoms with Gasteiger partial charge in [-0.25, -0.2) is 0 Å². The molecule has 0 saturated carbocycles. The summed E-state index contributed by atoms with van der Waals surface area (Å²) in [5.74, 6) is 0. The minimum Gasteiger partial charge on any atom is -0.311 e. The van der Waals surface area contributed by atoms with E-state index in [1.165, 1.54) is 111 Å². The molecule has 3 nitrogen and oxygen atoms in total. The second-order valence-corrected chi connectivity index (χ2v) is 34.3. The van der Waals surface area contributed by atoms with Crippen molar-refractivity contribution in [2.45, 2.75) is 124 Å². The van der Waals surface area contributed by atoms with E-state index in [1.54, 1.807) is 0 Å². The van der Waals surface area contributed by atoms with E-state index in [9.17, 15) is 0 Å². The zero-order valence-electron chi connectivity index (χ0n) is 54.4. The third-order valence-corrected chi connectivity index (χ3v) is 25.2. The Morgan fingerprint density at radius 2 is 0.780 bits per heavy atom. The summed E-state index contributed by atoms with van der Waals surface area (Å²) in [5, 5.41) is 3.86. The van der Waals surface area contributed by atoms with Gasteiger partial charge in [-0.3, -0.25) is 0 Å². The van der Waals surface area contributed by atoms with Crippen molar-refractivity contribution in [2.24, 2.45) is 0 Å². The Hall–Kier alpha value is -8.59. The zero-order valence-corrected chi connectivity index (χ0v) is 56.8. The Balaban J connectivity index is 1.10. The van der Waals surface area contributed by atoms with Gasteiger partial charge in [-0.1, -0.05) is 210 Å². The summed E-state index contributed by atoms with van der Waals surface area (Å²) in [4.78, 5) is 13.0. The van der Waals surface area contributed by atoms with Gasteiger partial charge in [0.1, 0.15) is 0 Å². The molecule has 0 N–H and O–H groups in total. The molecule has 7 heteroatoms. The monoisotopic (exact) mass is 1240 g/mol. The van der Waals surface area contributed by atoms with Crippen molar-refractivity contribution in [3.8, 4) is 0 Å². The van der Waals surface area contributed by atoms with Crippen molar-refractivity contribution in [3.63, 3.8) is 0 Å². The number of benzene rings is 11. The second kappa shape index (κ2) is 21.8. The predicted molar refractivity (Wildman–Crippen MR) is 398 cm³/mol. The fourth-order valence-corrected chi connectivity index (χ4v) is 20.4. The molecular formula is C84H78BN3S3. The van der Waals surface area contributed by atoms with Crippen molar-refractivity contribution < 1.29 is 0 Å². The lowest BCUT2D eigenvalue weighted by atomic mass is 9.36. The minimum atomic E-state index is -2.25. The molecule has 0 unspecified atom stereocenters. The largest absolute Gasteiger partial charge is 0.311 e. The average Bonchev–Trinajstić information content (AvgIpc) is 1.67. The summed E-state index contributed by atoms with van der Waals surface area (Å²) in [6, 6.07) is 98.7. The van der Waals surface area contributed by atoms with E-state index in [1.807, 2.05) is 22.7 Å². The van der Waals surface area contributed by atoms with Crippen LogP contribution in [0, 0.1) is 0 Å². The van der Waals surface area contributed by atoms with E-state index in [0.29, 0.717) is 0 Å². The molecule has 0 atom stereocenters. The first-order valence-electron chi connectivity index (χ1n) is 32.2. The first-order valence-corrected chi connectivity index (χ1v) is 35.4. The lowest BCUT2D eigenvalue weighted by Crippen LogP contribution is -2.60. The van der Waals surface area contributed by atoms with Crippen LogP contribution in [-0.2, 0) is 21.7 Å². The minimum absolute atomic E-state index is 0.00327. The molecule has 0 aliphatic carbocycles. The normalized spacial score (nSPS) is 13.6. The Morgan fingerprint density at radius 3 is 1.32 bits per heavy atom. The van der Waals surface area contributed by atoms with Gasteiger partial charge < -0.3 is 14.7 Å². The third kappa shape index (κ3) is 9.93. The summed E-state index contributed by atoms with van der Waals surface area (Å²) >= 11 is 3.86. The van der Waals surface area contributed by atoms with Gasteiger partial charge >= 0.3 is 0 Å². The molecule has 0 fully saturated rings. The molecule has 0 amide bonds. The summed E-state index contributed by atoms with van der Waals surface area (Å²) in [6.07, 6.45) is 0. The summed E-state index contributed by atoms with van der Waals surface area (Å²) < 4.78 is 5.21. The van der Waals surface area contributed by atoms with Crippen LogP contribution in [0.15, 0.2) is 274 Å². The van der Waals surface area contributed by atoms with Gasteiger partial charge in [0.2, 0.25) is 0 Å². The molecule has 2 aliphatic heterocycles. The molecule has 0 saturated heterocycles. The van der Waals surface area contributed by atoms with E-state index in [0.717, 1.165) is 28.4 Å². The third-order valence-electron chi connectivity index (χ3n) is 19.0. The van der Waals surface area contributed by atoms with E-state index < -0.39 is 10.0 Å². The zero-order chi connectivity index (χ0) is 62.9. The first kappa shape index (κ1) is 58.8. The standard InChI is InChI=1S/C84H78BN3S3/c1-81(2,3)55-32-39-59(40-33-55)86(60-41-34-56(35-42-60)82(4,5)6)62-46-48-71-72(51-62)87(63-45-47-69-68-30-22-23-31-75(68)89-77(69)52-63)73-53-67(91(64-24-16-13-17-25-64,65-26-18-14-19-27-65)66-28-20-15-21-29-66)54-74-78(73)85(71)80-79(70-50-58(84(10,11)12)38-49-76(70)90-80)88(74)61-43-36-57(37-44-61)83(7,8)9/h13-54H,1-12H3. The Kier molecular flexibility index (Phi) is 14.1. The lowest BCUT2D eigenvalue weighted by Gasteiger charge is -2.47. The van der Waals surface area contributed by atoms with Crippen LogP contribution in [0.4, 0.5) is 51.2 Å². The quantitative estimate of drug-likeness (QED) is 0.133. The molecule has 91 heavy (non-hydrogen) atoms. The van der Waals surface area contributed by atoms with E-state index >= 15 is 0 Å². The molecule has 4 heterocycles. The highest BCUT2D eigenvalue weighted by Gasteiger charge is 2.48. The van der Waals surface area contributed by atoms with Crippen LogP contribution in [0.3, 0.4) is 0 Å². The number of fused-ring (bicyclic) bond motifs is 9. The van der Waals surface area contributed by atoms with Gasteiger partial charge in [-0.15, -0.1) is 32.7 Å². The number of thiophene rings is 2. The number of hydrogen-bond donors (Lipinski definition) is 0. The molecule has 13 aromatic rings. The van der Waals surface area contributed by atoms with Gasteiger partial charge in [0, 0.05) is 100 Å². The average molecular weight is 1240 g/mol.